The molecule has 0 saturated carbocycles. The van der Waals surface area contributed by atoms with Crippen LogP contribution in [0.5, 0.6) is 0 Å². The Hall–Kier alpha value is -3.28. The maximum absolute atomic E-state index is 12.2. The van der Waals surface area contributed by atoms with E-state index in [1.165, 1.54) is 0 Å². The first-order valence-electron chi connectivity index (χ1n) is 7.59. The summed E-state index contributed by atoms with van der Waals surface area (Å²) in [5, 5.41) is 10.8. The molecule has 4 rings (SSSR count). The van der Waals surface area contributed by atoms with Crippen LogP contribution in [0, 0.1) is 0 Å². The van der Waals surface area contributed by atoms with E-state index >= 15 is 0 Å². The van der Waals surface area contributed by atoms with Gasteiger partial charge in [0.15, 0.2) is 0 Å². The Morgan fingerprint density at radius 2 is 2.00 bits per heavy atom. The van der Waals surface area contributed by atoms with Gasteiger partial charge in [-0.15, -0.1) is 0 Å². The van der Waals surface area contributed by atoms with Crippen LogP contribution in [0.2, 0.25) is 0 Å². The molecule has 0 radical (unpaired) electrons. The van der Waals surface area contributed by atoms with Gasteiger partial charge in [-0.2, -0.15) is 10.2 Å². The van der Waals surface area contributed by atoms with Crippen molar-refractivity contribution >= 4 is 10.8 Å². The number of hydrogen-bond acceptors (Lipinski definition) is 4. The van der Waals surface area contributed by atoms with Crippen molar-refractivity contribution in [3.8, 4) is 5.69 Å². The van der Waals surface area contributed by atoms with Crippen molar-refractivity contribution in [2.45, 2.75) is 6.42 Å². The standard InChI is InChI=1S/C18H15N5O/c1-22-12-16(11-20-22)23-7-5-18(24)17(21-23)9-13-2-3-15-10-19-6-4-14(15)8-13/h2-8,10-12H,9H2,1H3. The molecule has 0 bridgehead atoms. The van der Waals surface area contributed by atoms with Crippen molar-refractivity contribution in [3.63, 3.8) is 0 Å². The molecule has 0 amide bonds. The fraction of sp³-hybridized carbons (Fsp3) is 0.111. The minimum atomic E-state index is -0.0648. The molecule has 0 aliphatic carbocycles. The summed E-state index contributed by atoms with van der Waals surface area (Å²) in [5.74, 6) is 0. The topological polar surface area (TPSA) is 65.6 Å². The maximum atomic E-state index is 12.2. The van der Waals surface area contributed by atoms with E-state index in [9.17, 15) is 4.79 Å². The highest BCUT2D eigenvalue weighted by Crippen LogP contribution is 2.16. The number of hydrogen-bond donors (Lipinski definition) is 0. The fourth-order valence-corrected chi connectivity index (χ4v) is 2.68. The van der Waals surface area contributed by atoms with Gasteiger partial charge in [-0.3, -0.25) is 14.5 Å². The SMILES string of the molecule is Cn1cc(-n2ccc(=O)c(Cc3ccc4cnccc4c3)n2)cn1. The smallest absolute Gasteiger partial charge is 0.203 e. The van der Waals surface area contributed by atoms with E-state index in [0.29, 0.717) is 12.1 Å². The first-order valence-corrected chi connectivity index (χ1v) is 7.59. The number of aromatic nitrogens is 5. The summed E-state index contributed by atoms with van der Waals surface area (Å²) in [6.07, 6.45) is 9.30. The maximum Gasteiger partial charge on any atom is 0.203 e. The second-order valence-electron chi connectivity index (χ2n) is 5.68. The van der Waals surface area contributed by atoms with Crippen molar-refractivity contribution in [3.05, 3.63) is 82.8 Å². The molecule has 1 aromatic carbocycles. The van der Waals surface area contributed by atoms with Crippen LogP contribution in [0.3, 0.4) is 0 Å². The molecule has 6 heteroatoms. The van der Waals surface area contributed by atoms with Crippen LogP contribution in [-0.4, -0.2) is 24.5 Å². The van der Waals surface area contributed by atoms with Crippen LogP contribution in [0.4, 0.5) is 0 Å². The zero-order chi connectivity index (χ0) is 16.5. The largest absolute Gasteiger partial charge is 0.288 e. The van der Waals surface area contributed by atoms with E-state index in [4.69, 9.17) is 0 Å². The summed E-state index contributed by atoms with van der Waals surface area (Å²) in [6.45, 7) is 0. The Kier molecular flexibility index (Phi) is 3.42. The summed E-state index contributed by atoms with van der Waals surface area (Å²) >= 11 is 0. The van der Waals surface area contributed by atoms with Gasteiger partial charge in [-0.05, 0) is 17.0 Å². The molecule has 0 saturated heterocycles. The average molecular weight is 317 g/mol. The van der Waals surface area contributed by atoms with Gasteiger partial charge in [0, 0.05) is 43.5 Å². The first-order chi connectivity index (χ1) is 11.7. The number of fused-ring (bicyclic) bond motifs is 1. The van der Waals surface area contributed by atoms with Gasteiger partial charge in [0.2, 0.25) is 5.43 Å². The van der Waals surface area contributed by atoms with E-state index in [-0.39, 0.29) is 5.43 Å². The Balaban J connectivity index is 1.71. The first kappa shape index (κ1) is 14.3. The molecule has 0 atom stereocenters. The van der Waals surface area contributed by atoms with E-state index in [1.54, 1.807) is 34.0 Å². The van der Waals surface area contributed by atoms with Gasteiger partial charge in [0.05, 0.1) is 12.4 Å². The number of rotatable bonds is 3. The van der Waals surface area contributed by atoms with Gasteiger partial charge >= 0.3 is 0 Å². The lowest BCUT2D eigenvalue weighted by Gasteiger charge is -2.06. The highest BCUT2D eigenvalue weighted by molar-refractivity contribution is 5.82. The van der Waals surface area contributed by atoms with Gasteiger partial charge < -0.3 is 0 Å². The normalized spacial score (nSPS) is 11.0. The van der Waals surface area contributed by atoms with Crippen molar-refractivity contribution < 1.29 is 0 Å². The third kappa shape index (κ3) is 2.69. The average Bonchev–Trinajstić information content (AvgIpc) is 3.03. The van der Waals surface area contributed by atoms with Crippen molar-refractivity contribution in [1.82, 2.24) is 24.5 Å². The summed E-state index contributed by atoms with van der Waals surface area (Å²) < 4.78 is 3.38. The van der Waals surface area contributed by atoms with E-state index in [2.05, 4.69) is 21.2 Å². The second kappa shape index (κ2) is 5.73. The van der Waals surface area contributed by atoms with E-state index in [1.807, 2.05) is 37.6 Å². The predicted molar refractivity (Wildman–Crippen MR) is 91.1 cm³/mol. The molecular weight excluding hydrogens is 302 g/mol. The van der Waals surface area contributed by atoms with E-state index in [0.717, 1.165) is 22.0 Å². The molecule has 6 nitrogen and oxygen atoms in total. The van der Waals surface area contributed by atoms with Crippen LogP contribution in [0.15, 0.2) is 66.1 Å². The zero-order valence-corrected chi connectivity index (χ0v) is 13.1. The monoisotopic (exact) mass is 317 g/mol. The Labute approximate surface area is 138 Å². The fourth-order valence-electron chi connectivity index (χ4n) is 2.68. The van der Waals surface area contributed by atoms with Crippen LogP contribution >= 0.6 is 0 Å². The van der Waals surface area contributed by atoms with E-state index < -0.39 is 0 Å². The number of benzene rings is 1. The third-order valence-corrected chi connectivity index (χ3v) is 3.91. The highest BCUT2D eigenvalue weighted by Gasteiger charge is 2.07. The Morgan fingerprint density at radius 1 is 1.08 bits per heavy atom. The lowest BCUT2D eigenvalue weighted by Crippen LogP contribution is -2.16. The predicted octanol–water partition coefficient (Wildman–Crippen LogP) is 2.10. The number of pyridine rings is 1. The molecular formula is C18H15N5O. The Bertz CT molecular complexity index is 1080. The van der Waals surface area contributed by atoms with Crippen LogP contribution in [-0.2, 0) is 13.5 Å². The number of nitrogens with zero attached hydrogens (tertiary/aromatic N) is 5. The molecule has 0 spiro atoms. The van der Waals surface area contributed by atoms with Crippen LogP contribution in [0.25, 0.3) is 16.5 Å². The lowest BCUT2D eigenvalue weighted by atomic mass is 10.1. The van der Waals surface area contributed by atoms with Gasteiger partial charge in [0.1, 0.15) is 11.4 Å². The van der Waals surface area contributed by atoms with Crippen molar-refractivity contribution in [1.29, 1.82) is 0 Å². The molecule has 0 N–H and O–H groups in total. The molecule has 24 heavy (non-hydrogen) atoms. The molecule has 118 valence electrons. The quantitative estimate of drug-likeness (QED) is 0.580. The summed E-state index contributed by atoms with van der Waals surface area (Å²) in [6, 6.07) is 9.60. The molecule has 3 heterocycles. The van der Waals surface area contributed by atoms with Crippen molar-refractivity contribution in [2.75, 3.05) is 0 Å². The summed E-state index contributed by atoms with van der Waals surface area (Å²) in [5.41, 5.74) is 2.31. The van der Waals surface area contributed by atoms with Gasteiger partial charge in [-0.25, -0.2) is 4.68 Å². The molecule has 0 aliphatic heterocycles. The summed E-state index contributed by atoms with van der Waals surface area (Å²) in [7, 11) is 1.84. The van der Waals surface area contributed by atoms with Crippen LogP contribution in [0.1, 0.15) is 11.3 Å². The second-order valence-corrected chi connectivity index (χ2v) is 5.68. The third-order valence-electron chi connectivity index (χ3n) is 3.91. The van der Waals surface area contributed by atoms with Gasteiger partial charge in [-0.1, -0.05) is 18.2 Å². The minimum Gasteiger partial charge on any atom is -0.288 e. The van der Waals surface area contributed by atoms with Crippen molar-refractivity contribution in [2.24, 2.45) is 7.05 Å². The molecule has 3 aromatic heterocycles. The Morgan fingerprint density at radius 3 is 2.83 bits per heavy atom. The lowest BCUT2D eigenvalue weighted by molar-refractivity contribution is 0.762. The van der Waals surface area contributed by atoms with Crippen LogP contribution < -0.4 is 5.43 Å². The molecule has 0 fully saturated rings. The summed E-state index contributed by atoms with van der Waals surface area (Å²) in [4.78, 5) is 16.3. The zero-order valence-electron chi connectivity index (χ0n) is 13.1. The molecule has 4 aromatic rings. The highest BCUT2D eigenvalue weighted by atomic mass is 16.1. The minimum absolute atomic E-state index is 0.0648. The molecule has 0 unspecified atom stereocenters. The van der Waals surface area contributed by atoms with Gasteiger partial charge in [0.25, 0.3) is 0 Å². The molecule has 0 aliphatic rings. The number of aryl methyl sites for hydroxylation is 1.